The van der Waals surface area contributed by atoms with Crippen molar-refractivity contribution in [2.45, 2.75) is 23.8 Å². The van der Waals surface area contributed by atoms with Crippen molar-refractivity contribution in [1.82, 2.24) is 5.32 Å². The molecule has 0 radical (unpaired) electrons. The van der Waals surface area contributed by atoms with E-state index in [0.29, 0.717) is 17.3 Å². The predicted molar refractivity (Wildman–Crippen MR) is 128 cm³/mol. The fourth-order valence-electron chi connectivity index (χ4n) is 3.07. The predicted octanol–water partition coefficient (Wildman–Crippen LogP) is 4.03. The zero-order valence-corrected chi connectivity index (χ0v) is 18.5. The number of hydrogen-bond acceptors (Lipinski definition) is 4. The average molecular weight is 462 g/mol. The largest absolute Gasteiger partial charge is 0.349 e. The summed E-state index contributed by atoms with van der Waals surface area (Å²) in [5.74, 6) is -0.516. The zero-order valence-electron chi connectivity index (χ0n) is 17.7. The van der Waals surface area contributed by atoms with E-state index in [1.807, 2.05) is 0 Å². The minimum atomic E-state index is -3.79. The lowest BCUT2D eigenvalue weighted by Gasteiger charge is -2.12. The Morgan fingerprint density at radius 1 is 0.818 bits per heavy atom. The molecule has 3 aromatic rings. The molecular formula is C25H23N3O4S. The third-order valence-electron chi connectivity index (χ3n) is 5.00. The van der Waals surface area contributed by atoms with Gasteiger partial charge in [-0.2, -0.15) is 0 Å². The Kier molecular flexibility index (Phi) is 6.55. The van der Waals surface area contributed by atoms with Gasteiger partial charge in [-0.1, -0.05) is 42.5 Å². The number of benzene rings is 3. The molecule has 0 aliphatic heterocycles. The normalized spacial score (nSPS) is 13.5. The van der Waals surface area contributed by atoms with Crippen LogP contribution >= 0.6 is 0 Å². The molecule has 0 bridgehead atoms. The van der Waals surface area contributed by atoms with Crippen LogP contribution in [0.3, 0.4) is 0 Å². The maximum atomic E-state index is 12.6. The lowest BCUT2D eigenvalue weighted by atomic mass is 10.1. The average Bonchev–Trinajstić information content (AvgIpc) is 3.64. The highest BCUT2D eigenvalue weighted by molar-refractivity contribution is 7.92. The topological polar surface area (TPSA) is 104 Å². The van der Waals surface area contributed by atoms with Crippen molar-refractivity contribution >= 4 is 39.3 Å². The molecule has 1 saturated carbocycles. The van der Waals surface area contributed by atoms with Crippen LogP contribution in [0.5, 0.6) is 0 Å². The summed E-state index contributed by atoms with van der Waals surface area (Å²) in [6.07, 6.45) is 5.02. The molecule has 4 rings (SSSR count). The second kappa shape index (κ2) is 9.70. The van der Waals surface area contributed by atoms with Crippen LogP contribution in [0.2, 0.25) is 0 Å². The van der Waals surface area contributed by atoms with Gasteiger partial charge in [0.2, 0.25) is 5.91 Å². The van der Waals surface area contributed by atoms with E-state index >= 15 is 0 Å². The van der Waals surface area contributed by atoms with Crippen LogP contribution in [-0.2, 0) is 14.8 Å². The number of nitrogens with one attached hydrogen (secondary N) is 3. The number of rotatable bonds is 8. The smallest absolute Gasteiger partial charge is 0.261 e. The molecule has 0 unspecified atom stereocenters. The lowest BCUT2D eigenvalue weighted by Crippen LogP contribution is -2.25. The van der Waals surface area contributed by atoms with Crippen LogP contribution in [0.1, 0.15) is 28.8 Å². The van der Waals surface area contributed by atoms with Crippen LogP contribution in [-0.4, -0.2) is 26.3 Å². The Morgan fingerprint density at radius 3 is 2.12 bits per heavy atom. The number of amides is 2. The number of hydrogen-bond donors (Lipinski definition) is 3. The molecule has 0 aromatic heterocycles. The summed E-state index contributed by atoms with van der Waals surface area (Å²) >= 11 is 0. The van der Waals surface area contributed by atoms with Gasteiger partial charge in [0, 0.05) is 17.7 Å². The van der Waals surface area contributed by atoms with Gasteiger partial charge in [-0.05, 0) is 60.9 Å². The molecule has 1 aliphatic carbocycles. The minimum absolute atomic E-state index is 0.0969. The SMILES string of the molecule is O=C(/C=C/c1ccc(C(=O)NC2CC2)cc1)Nc1ccccc1NS(=O)(=O)c1ccccc1. The van der Waals surface area contributed by atoms with Gasteiger partial charge in [-0.3, -0.25) is 14.3 Å². The molecule has 3 N–H and O–H groups in total. The van der Waals surface area contributed by atoms with Crippen LogP contribution < -0.4 is 15.4 Å². The molecule has 8 heteroatoms. The van der Waals surface area contributed by atoms with E-state index in [0.717, 1.165) is 18.4 Å². The number of carbonyl (C=O) groups excluding carboxylic acids is 2. The second-order valence-electron chi connectivity index (χ2n) is 7.66. The molecule has 0 heterocycles. The van der Waals surface area contributed by atoms with E-state index in [9.17, 15) is 18.0 Å². The lowest BCUT2D eigenvalue weighted by molar-refractivity contribution is -0.111. The van der Waals surface area contributed by atoms with Crippen molar-refractivity contribution in [3.8, 4) is 0 Å². The molecule has 2 amide bonds. The first-order chi connectivity index (χ1) is 15.9. The summed E-state index contributed by atoms with van der Waals surface area (Å²) in [6.45, 7) is 0. The van der Waals surface area contributed by atoms with Crippen molar-refractivity contribution in [2.24, 2.45) is 0 Å². The molecule has 0 saturated heterocycles. The van der Waals surface area contributed by atoms with E-state index < -0.39 is 15.9 Å². The highest BCUT2D eigenvalue weighted by atomic mass is 32.2. The summed E-state index contributed by atoms with van der Waals surface area (Å²) in [5, 5.41) is 5.63. The van der Waals surface area contributed by atoms with Crippen LogP contribution in [0, 0.1) is 0 Å². The molecule has 1 fully saturated rings. The summed E-state index contributed by atoms with van der Waals surface area (Å²) in [7, 11) is -3.79. The molecule has 1 aliphatic rings. The number of sulfonamides is 1. The first-order valence-electron chi connectivity index (χ1n) is 10.5. The first kappa shape index (κ1) is 22.3. The maximum Gasteiger partial charge on any atom is 0.261 e. The third kappa shape index (κ3) is 6.08. The Morgan fingerprint density at radius 2 is 1.45 bits per heavy atom. The van der Waals surface area contributed by atoms with Crippen molar-refractivity contribution in [2.75, 3.05) is 10.0 Å². The van der Waals surface area contributed by atoms with Crippen molar-refractivity contribution in [3.05, 3.63) is 96.1 Å². The highest BCUT2D eigenvalue weighted by Gasteiger charge is 2.23. The van der Waals surface area contributed by atoms with Gasteiger partial charge in [0.15, 0.2) is 0 Å². The Balaban J connectivity index is 1.40. The second-order valence-corrected chi connectivity index (χ2v) is 9.34. The molecule has 33 heavy (non-hydrogen) atoms. The quantitative estimate of drug-likeness (QED) is 0.441. The van der Waals surface area contributed by atoms with Crippen LogP contribution in [0.15, 0.2) is 89.8 Å². The van der Waals surface area contributed by atoms with Crippen LogP contribution in [0.4, 0.5) is 11.4 Å². The van der Waals surface area contributed by atoms with E-state index in [1.165, 1.54) is 18.2 Å². The van der Waals surface area contributed by atoms with E-state index in [-0.39, 0.29) is 16.5 Å². The summed E-state index contributed by atoms with van der Waals surface area (Å²) < 4.78 is 27.8. The van der Waals surface area contributed by atoms with Gasteiger partial charge >= 0.3 is 0 Å². The molecular weight excluding hydrogens is 438 g/mol. The maximum absolute atomic E-state index is 12.6. The fourth-order valence-corrected chi connectivity index (χ4v) is 4.17. The molecule has 168 valence electrons. The first-order valence-corrected chi connectivity index (χ1v) is 12.0. The van der Waals surface area contributed by atoms with Gasteiger partial charge in [-0.15, -0.1) is 0 Å². The van der Waals surface area contributed by atoms with E-state index in [2.05, 4.69) is 15.4 Å². The van der Waals surface area contributed by atoms with Gasteiger partial charge < -0.3 is 10.6 Å². The van der Waals surface area contributed by atoms with Crippen molar-refractivity contribution in [1.29, 1.82) is 0 Å². The Hall–Kier alpha value is -3.91. The van der Waals surface area contributed by atoms with Gasteiger partial charge in [-0.25, -0.2) is 8.42 Å². The van der Waals surface area contributed by atoms with Gasteiger partial charge in [0.05, 0.1) is 16.3 Å². The van der Waals surface area contributed by atoms with Crippen molar-refractivity contribution in [3.63, 3.8) is 0 Å². The van der Waals surface area contributed by atoms with E-state index in [1.54, 1.807) is 72.8 Å². The summed E-state index contributed by atoms with van der Waals surface area (Å²) in [4.78, 5) is 24.6. The van der Waals surface area contributed by atoms with Gasteiger partial charge in [0.25, 0.3) is 15.9 Å². The van der Waals surface area contributed by atoms with Crippen LogP contribution in [0.25, 0.3) is 6.08 Å². The van der Waals surface area contributed by atoms with Gasteiger partial charge in [0.1, 0.15) is 0 Å². The fraction of sp³-hybridized carbons (Fsp3) is 0.120. The monoisotopic (exact) mass is 461 g/mol. The molecule has 0 spiro atoms. The standard InChI is InChI=1S/C25H23N3O4S/c29-24(17-12-18-10-13-19(14-11-18)25(30)26-20-15-16-20)27-22-8-4-5-9-23(22)28-33(31,32)21-6-2-1-3-7-21/h1-14,17,20,28H,15-16H2,(H,26,30)(H,27,29)/b17-12+. The molecule has 0 atom stereocenters. The summed E-state index contributed by atoms with van der Waals surface area (Å²) in [5.41, 5.74) is 1.92. The number of para-hydroxylation sites is 2. The third-order valence-corrected chi connectivity index (χ3v) is 6.38. The highest BCUT2D eigenvalue weighted by Crippen LogP contribution is 2.24. The van der Waals surface area contributed by atoms with E-state index in [4.69, 9.17) is 0 Å². The Bertz CT molecular complexity index is 1280. The Labute approximate surface area is 192 Å². The van der Waals surface area contributed by atoms with Crippen molar-refractivity contribution < 1.29 is 18.0 Å². The number of anilines is 2. The number of carbonyl (C=O) groups is 2. The summed E-state index contributed by atoms with van der Waals surface area (Å²) in [6, 6.07) is 21.8. The zero-order chi connectivity index (χ0) is 23.3. The molecule has 7 nitrogen and oxygen atoms in total. The minimum Gasteiger partial charge on any atom is -0.349 e. The molecule has 3 aromatic carbocycles.